The second-order valence-corrected chi connectivity index (χ2v) is 3.08. The summed E-state index contributed by atoms with van der Waals surface area (Å²) in [6, 6.07) is 6.80. The highest BCUT2D eigenvalue weighted by Crippen LogP contribution is 2.15. The van der Waals surface area contributed by atoms with Crippen molar-refractivity contribution in [3.63, 3.8) is 0 Å². The number of nitrogens with two attached hydrogens (primary N) is 1. The van der Waals surface area contributed by atoms with Crippen molar-refractivity contribution in [3.8, 4) is 0 Å². The average Bonchev–Trinajstić information content (AvgIpc) is 2.67. The second-order valence-electron chi connectivity index (χ2n) is 3.08. The third-order valence-corrected chi connectivity index (χ3v) is 1.93. The molecule has 15 heavy (non-hydrogen) atoms. The van der Waals surface area contributed by atoms with Crippen LogP contribution in [0.5, 0.6) is 0 Å². The molecule has 0 aliphatic carbocycles. The Morgan fingerprint density at radius 2 is 2.13 bits per heavy atom. The monoisotopic (exact) mass is 205 g/mol. The lowest BCUT2D eigenvalue weighted by Crippen LogP contribution is -2.01. The minimum absolute atomic E-state index is 0.167. The van der Waals surface area contributed by atoms with Gasteiger partial charge in [-0.15, -0.1) is 0 Å². The summed E-state index contributed by atoms with van der Waals surface area (Å²) in [5, 5.41) is 0. The number of furan rings is 1. The van der Waals surface area contributed by atoms with E-state index in [4.69, 9.17) is 10.2 Å². The number of benzene rings is 1. The number of nitrogen functional groups attached to an aromatic ring is 1. The molecular weight excluding hydrogens is 197 g/mol. The van der Waals surface area contributed by atoms with Gasteiger partial charge < -0.3 is 10.2 Å². The molecule has 0 unspecified atom stereocenters. The van der Waals surface area contributed by atoms with E-state index >= 15 is 0 Å². The van der Waals surface area contributed by atoms with Gasteiger partial charge in [-0.3, -0.25) is 4.79 Å². The van der Waals surface area contributed by atoms with Crippen molar-refractivity contribution < 1.29 is 13.6 Å². The Morgan fingerprint density at radius 1 is 1.33 bits per heavy atom. The van der Waals surface area contributed by atoms with Crippen molar-refractivity contribution in [1.29, 1.82) is 0 Å². The number of halogens is 1. The number of anilines is 1. The van der Waals surface area contributed by atoms with Gasteiger partial charge in [0.1, 0.15) is 5.82 Å². The summed E-state index contributed by atoms with van der Waals surface area (Å²) in [6.07, 6.45) is 1.38. The summed E-state index contributed by atoms with van der Waals surface area (Å²) < 4.78 is 17.9. The van der Waals surface area contributed by atoms with Gasteiger partial charge in [0.25, 0.3) is 0 Å². The van der Waals surface area contributed by atoms with Crippen LogP contribution in [0.1, 0.15) is 16.1 Å². The highest BCUT2D eigenvalue weighted by Gasteiger charge is 2.12. The fourth-order valence-electron chi connectivity index (χ4n) is 1.29. The quantitative estimate of drug-likeness (QED) is 0.604. The van der Waals surface area contributed by atoms with E-state index in [0.717, 1.165) is 12.1 Å². The van der Waals surface area contributed by atoms with E-state index in [2.05, 4.69) is 0 Å². The van der Waals surface area contributed by atoms with Crippen LogP contribution in [-0.4, -0.2) is 5.78 Å². The third-order valence-electron chi connectivity index (χ3n) is 1.93. The van der Waals surface area contributed by atoms with Gasteiger partial charge in [-0.2, -0.15) is 0 Å². The van der Waals surface area contributed by atoms with Crippen LogP contribution < -0.4 is 5.73 Å². The summed E-state index contributed by atoms with van der Waals surface area (Å²) >= 11 is 0. The minimum Gasteiger partial charge on any atom is -0.461 e. The van der Waals surface area contributed by atoms with Crippen molar-refractivity contribution >= 4 is 11.5 Å². The van der Waals surface area contributed by atoms with E-state index in [9.17, 15) is 9.18 Å². The van der Waals surface area contributed by atoms with Crippen LogP contribution in [0.4, 0.5) is 10.1 Å². The van der Waals surface area contributed by atoms with Crippen LogP contribution in [0.15, 0.2) is 41.0 Å². The Labute approximate surface area is 85.3 Å². The summed E-state index contributed by atoms with van der Waals surface area (Å²) in [5.74, 6) is -0.754. The molecule has 0 atom stereocenters. The maximum Gasteiger partial charge on any atom is 0.228 e. The molecule has 0 bridgehead atoms. The first-order valence-electron chi connectivity index (χ1n) is 4.31. The molecule has 0 fully saturated rings. The first-order valence-corrected chi connectivity index (χ1v) is 4.31. The highest BCUT2D eigenvalue weighted by molar-refractivity contribution is 6.07. The molecule has 0 saturated carbocycles. The Balaban J connectivity index is 2.42. The van der Waals surface area contributed by atoms with E-state index in [1.165, 1.54) is 18.4 Å². The maximum atomic E-state index is 13.0. The number of ketones is 1. The molecular formula is C11H8FNO2. The molecule has 2 rings (SSSR count). The first kappa shape index (κ1) is 9.45. The van der Waals surface area contributed by atoms with Gasteiger partial charge in [0, 0.05) is 11.3 Å². The number of rotatable bonds is 2. The van der Waals surface area contributed by atoms with Crippen molar-refractivity contribution in [1.82, 2.24) is 0 Å². The van der Waals surface area contributed by atoms with E-state index in [1.54, 1.807) is 6.07 Å². The molecule has 0 aliphatic heterocycles. The summed E-state index contributed by atoms with van der Waals surface area (Å²) in [4.78, 5) is 11.7. The Bertz CT molecular complexity index is 471. The standard InChI is InChI=1S/C11H8FNO2/c12-8-4-7(5-9(13)6-8)11(14)10-2-1-3-15-10/h1-6H,13H2. The van der Waals surface area contributed by atoms with Gasteiger partial charge in [0.15, 0.2) is 5.76 Å². The van der Waals surface area contributed by atoms with Crippen molar-refractivity contribution in [2.75, 3.05) is 5.73 Å². The molecule has 1 heterocycles. The molecule has 76 valence electrons. The van der Waals surface area contributed by atoms with Crippen molar-refractivity contribution in [2.24, 2.45) is 0 Å². The molecule has 1 aromatic heterocycles. The van der Waals surface area contributed by atoms with Crippen LogP contribution in [-0.2, 0) is 0 Å². The van der Waals surface area contributed by atoms with Gasteiger partial charge in [-0.05, 0) is 30.3 Å². The molecule has 0 aliphatic rings. The molecule has 0 saturated heterocycles. The predicted octanol–water partition coefficient (Wildman–Crippen LogP) is 2.23. The summed E-state index contributed by atoms with van der Waals surface area (Å²) in [5.41, 5.74) is 5.82. The second kappa shape index (κ2) is 3.57. The molecule has 2 N–H and O–H groups in total. The third kappa shape index (κ3) is 1.88. The Hall–Kier alpha value is -2.10. The fraction of sp³-hybridized carbons (Fsp3) is 0. The Kier molecular flexibility index (Phi) is 2.25. The number of hydrogen-bond acceptors (Lipinski definition) is 3. The predicted molar refractivity (Wildman–Crippen MR) is 53.0 cm³/mol. The number of carbonyl (C=O) groups is 1. The maximum absolute atomic E-state index is 13.0. The van der Waals surface area contributed by atoms with Gasteiger partial charge >= 0.3 is 0 Å². The number of hydrogen-bond donors (Lipinski definition) is 1. The fourth-order valence-corrected chi connectivity index (χ4v) is 1.29. The topological polar surface area (TPSA) is 56.2 Å². The molecule has 0 radical (unpaired) electrons. The van der Waals surface area contributed by atoms with Crippen LogP contribution in [0.25, 0.3) is 0 Å². The molecule has 4 heteroatoms. The zero-order valence-corrected chi connectivity index (χ0v) is 7.74. The van der Waals surface area contributed by atoms with E-state index < -0.39 is 5.82 Å². The minimum atomic E-state index is -0.537. The van der Waals surface area contributed by atoms with Crippen LogP contribution in [0, 0.1) is 5.82 Å². The first-order chi connectivity index (χ1) is 7.16. The largest absolute Gasteiger partial charge is 0.461 e. The average molecular weight is 205 g/mol. The molecule has 0 spiro atoms. The normalized spacial score (nSPS) is 10.2. The van der Waals surface area contributed by atoms with Crippen LogP contribution >= 0.6 is 0 Å². The molecule has 1 aromatic carbocycles. The van der Waals surface area contributed by atoms with Gasteiger partial charge in [0.05, 0.1) is 6.26 Å². The SMILES string of the molecule is Nc1cc(F)cc(C(=O)c2ccco2)c1. The van der Waals surface area contributed by atoms with E-state index in [-0.39, 0.29) is 22.8 Å². The molecule has 0 amide bonds. The van der Waals surface area contributed by atoms with E-state index in [0.29, 0.717) is 0 Å². The Morgan fingerprint density at radius 3 is 2.73 bits per heavy atom. The van der Waals surface area contributed by atoms with Crippen molar-refractivity contribution in [2.45, 2.75) is 0 Å². The number of carbonyl (C=O) groups excluding carboxylic acids is 1. The van der Waals surface area contributed by atoms with Crippen LogP contribution in [0.3, 0.4) is 0 Å². The summed E-state index contributed by atoms with van der Waals surface area (Å²) in [7, 11) is 0. The summed E-state index contributed by atoms with van der Waals surface area (Å²) in [6.45, 7) is 0. The lowest BCUT2D eigenvalue weighted by atomic mass is 10.1. The zero-order valence-electron chi connectivity index (χ0n) is 7.74. The van der Waals surface area contributed by atoms with Gasteiger partial charge in [-0.25, -0.2) is 4.39 Å². The van der Waals surface area contributed by atoms with E-state index in [1.807, 2.05) is 0 Å². The lowest BCUT2D eigenvalue weighted by Gasteiger charge is -2.00. The van der Waals surface area contributed by atoms with Gasteiger partial charge in [-0.1, -0.05) is 0 Å². The smallest absolute Gasteiger partial charge is 0.228 e. The van der Waals surface area contributed by atoms with Crippen LogP contribution in [0.2, 0.25) is 0 Å². The zero-order chi connectivity index (χ0) is 10.8. The highest BCUT2D eigenvalue weighted by atomic mass is 19.1. The molecule has 2 aromatic rings. The molecule has 3 nitrogen and oxygen atoms in total. The van der Waals surface area contributed by atoms with Gasteiger partial charge in [0.2, 0.25) is 5.78 Å². The lowest BCUT2D eigenvalue weighted by molar-refractivity contribution is 0.101. The van der Waals surface area contributed by atoms with Crippen molar-refractivity contribution in [3.05, 3.63) is 53.7 Å².